The van der Waals surface area contributed by atoms with E-state index in [4.69, 9.17) is 5.11 Å². The number of rotatable bonds is 4. The van der Waals surface area contributed by atoms with E-state index in [1.807, 2.05) is 0 Å². The summed E-state index contributed by atoms with van der Waals surface area (Å²) in [6.45, 7) is 7.06. The zero-order valence-electron chi connectivity index (χ0n) is 7.39. The summed E-state index contributed by atoms with van der Waals surface area (Å²) in [5, 5.41) is 8.14. The molecular formula is C8H17CeO2-. The van der Waals surface area contributed by atoms with Crippen LogP contribution >= 0.6 is 0 Å². The monoisotopic (exact) mass is 285 g/mol. The van der Waals surface area contributed by atoms with Crippen molar-refractivity contribution < 1.29 is 51.6 Å². The zero-order valence-corrected chi connectivity index (χ0v) is 10.5. The van der Waals surface area contributed by atoms with E-state index in [9.17, 15) is 4.79 Å². The van der Waals surface area contributed by atoms with Crippen molar-refractivity contribution in [2.75, 3.05) is 0 Å². The third-order valence-corrected chi connectivity index (χ3v) is 0.994. The number of unbranched alkanes of at least 4 members (excludes halogenated alkanes) is 2. The van der Waals surface area contributed by atoms with Crippen molar-refractivity contribution in [3.05, 3.63) is 6.92 Å². The molecule has 1 N–H and O–H groups in total. The molecule has 0 saturated heterocycles. The molecule has 0 spiro atoms. The second-order valence-electron chi connectivity index (χ2n) is 1.85. The molecule has 0 bridgehead atoms. The third kappa shape index (κ3) is 24.8. The second kappa shape index (κ2) is 17.1. The summed E-state index contributed by atoms with van der Waals surface area (Å²) in [5.41, 5.74) is 0. The first-order valence-corrected chi connectivity index (χ1v) is 3.70. The average molecular weight is 285 g/mol. The van der Waals surface area contributed by atoms with Crippen LogP contribution in [0.3, 0.4) is 0 Å². The van der Waals surface area contributed by atoms with Crippen molar-refractivity contribution in [2.24, 2.45) is 0 Å². The first-order valence-electron chi connectivity index (χ1n) is 3.70. The summed E-state index contributed by atoms with van der Waals surface area (Å²) in [6.07, 6.45) is 3.28. The van der Waals surface area contributed by atoms with Gasteiger partial charge in [-0.1, -0.05) is 19.8 Å². The van der Waals surface area contributed by atoms with Gasteiger partial charge < -0.3 is 12.0 Å². The van der Waals surface area contributed by atoms with Crippen molar-refractivity contribution in [1.29, 1.82) is 0 Å². The van der Waals surface area contributed by atoms with Crippen LogP contribution in [0.5, 0.6) is 0 Å². The van der Waals surface area contributed by atoms with Crippen LogP contribution in [-0.2, 0) is 4.79 Å². The topological polar surface area (TPSA) is 37.3 Å². The van der Waals surface area contributed by atoms with Crippen LogP contribution in [0.2, 0.25) is 0 Å². The van der Waals surface area contributed by atoms with Crippen LogP contribution in [0.1, 0.15) is 39.5 Å². The van der Waals surface area contributed by atoms with Gasteiger partial charge in [0.2, 0.25) is 0 Å². The van der Waals surface area contributed by atoms with Gasteiger partial charge in [-0.15, -0.1) is 0 Å². The largest absolute Gasteiger partial charge is 0.481 e. The molecule has 0 fully saturated rings. The Bertz CT molecular complexity index is 74.5. The Labute approximate surface area is 103 Å². The Hall–Kier alpha value is 0.847. The predicted molar refractivity (Wildman–Crippen MR) is 42.8 cm³/mol. The Morgan fingerprint density at radius 2 is 1.82 bits per heavy atom. The van der Waals surface area contributed by atoms with Crippen LogP contribution < -0.4 is 0 Å². The maximum atomic E-state index is 9.87. The van der Waals surface area contributed by atoms with Gasteiger partial charge in [0.25, 0.3) is 0 Å². The summed E-state index contributed by atoms with van der Waals surface area (Å²) in [4.78, 5) is 9.87. The molecule has 0 unspecified atom stereocenters. The van der Waals surface area contributed by atoms with E-state index in [2.05, 4.69) is 13.8 Å². The number of aliphatic carboxylic acids is 1. The van der Waals surface area contributed by atoms with Crippen molar-refractivity contribution in [2.45, 2.75) is 39.5 Å². The third-order valence-electron chi connectivity index (χ3n) is 0.994. The molecule has 0 aromatic rings. The van der Waals surface area contributed by atoms with E-state index in [-0.39, 0.29) is 41.7 Å². The van der Waals surface area contributed by atoms with Gasteiger partial charge in [0.15, 0.2) is 0 Å². The summed E-state index contributed by atoms with van der Waals surface area (Å²) in [5.74, 6) is -0.682. The van der Waals surface area contributed by atoms with Crippen molar-refractivity contribution >= 4 is 5.97 Å². The summed E-state index contributed by atoms with van der Waals surface area (Å²) >= 11 is 0. The van der Waals surface area contributed by atoms with Gasteiger partial charge in [0, 0.05) is 48.2 Å². The van der Waals surface area contributed by atoms with Crippen LogP contribution in [-0.4, -0.2) is 11.1 Å². The number of carboxylic acid groups (broad SMARTS) is 1. The summed E-state index contributed by atoms with van der Waals surface area (Å²) < 4.78 is 0. The fourth-order valence-electron chi connectivity index (χ4n) is 0.526. The molecule has 2 nitrogen and oxygen atoms in total. The second-order valence-corrected chi connectivity index (χ2v) is 1.85. The predicted octanol–water partition coefficient (Wildman–Crippen LogP) is 2.49. The van der Waals surface area contributed by atoms with Gasteiger partial charge in [-0.3, -0.25) is 4.79 Å². The Morgan fingerprint density at radius 1 is 1.36 bits per heavy atom. The molecule has 0 amide bonds. The Morgan fingerprint density at radius 3 is 2.09 bits per heavy atom. The van der Waals surface area contributed by atoms with Crippen LogP contribution in [0.4, 0.5) is 0 Å². The van der Waals surface area contributed by atoms with E-state index < -0.39 is 5.97 Å². The molecule has 0 aliphatic rings. The first-order chi connectivity index (χ1) is 4.77. The minimum atomic E-state index is -0.682. The smallest absolute Gasteiger partial charge is 0.303 e. The molecule has 66 valence electrons. The summed E-state index contributed by atoms with van der Waals surface area (Å²) in [6, 6.07) is 0. The molecule has 11 heavy (non-hydrogen) atoms. The van der Waals surface area contributed by atoms with Gasteiger partial charge >= 0.3 is 5.97 Å². The van der Waals surface area contributed by atoms with E-state index in [0.717, 1.165) is 19.3 Å². The molecule has 0 aliphatic heterocycles. The van der Waals surface area contributed by atoms with Crippen molar-refractivity contribution in [3.63, 3.8) is 0 Å². The van der Waals surface area contributed by atoms with Crippen molar-refractivity contribution in [1.82, 2.24) is 0 Å². The maximum absolute atomic E-state index is 9.87. The fourth-order valence-corrected chi connectivity index (χ4v) is 0.526. The molecular weight excluding hydrogens is 268 g/mol. The summed E-state index contributed by atoms with van der Waals surface area (Å²) in [7, 11) is 0. The van der Waals surface area contributed by atoms with Gasteiger partial charge in [-0.2, -0.15) is 6.92 Å². The van der Waals surface area contributed by atoms with Gasteiger partial charge in [-0.25, -0.2) is 0 Å². The molecule has 3 heteroatoms. The van der Waals surface area contributed by atoms with Crippen LogP contribution in [0, 0.1) is 48.7 Å². The number of carboxylic acids is 1. The average Bonchev–Trinajstić information content (AvgIpc) is 1.92. The van der Waals surface area contributed by atoms with Gasteiger partial charge in [0.1, 0.15) is 0 Å². The molecule has 0 saturated carbocycles. The standard InChI is InChI=1S/C6H12O2.C2H5.Ce/c1-2-3-4-5-6(7)8;1-2;/h2-5H2,1H3,(H,7,8);1H2,2H3;/q;-1;. The SMILES string of the molecule is CCCCCC(=O)O.[CH2-]C.[Ce]. The quantitative estimate of drug-likeness (QED) is 0.636. The van der Waals surface area contributed by atoms with E-state index in [1.54, 1.807) is 6.92 Å². The van der Waals surface area contributed by atoms with Gasteiger partial charge in [-0.05, 0) is 6.42 Å². The van der Waals surface area contributed by atoms with E-state index >= 15 is 0 Å². The molecule has 0 aromatic carbocycles. The molecule has 0 rings (SSSR count). The number of hydrogen-bond donors (Lipinski definition) is 1. The maximum Gasteiger partial charge on any atom is 0.303 e. The van der Waals surface area contributed by atoms with Crippen molar-refractivity contribution in [3.8, 4) is 0 Å². The first kappa shape index (κ1) is 17.8. The Balaban J connectivity index is -0.000000196. The number of carbonyl (C=O) groups is 1. The van der Waals surface area contributed by atoms with E-state index in [1.165, 1.54) is 0 Å². The fraction of sp³-hybridized carbons (Fsp3) is 0.750. The minimum Gasteiger partial charge on any atom is -0.481 e. The molecule has 0 radical (unpaired) electrons. The zero-order chi connectivity index (χ0) is 8.41. The Kier molecular flexibility index (Phi) is 27.7. The molecule has 0 heterocycles. The van der Waals surface area contributed by atoms with Crippen LogP contribution in [0.25, 0.3) is 0 Å². The number of hydrogen-bond acceptors (Lipinski definition) is 1. The molecule has 0 aromatic heterocycles. The molecule has 0 atom stereocenters. The van der Waals surface area contributed by atoms with Crippen LogP contribution in [0.15, 0.2) is 0 Å². The van der Waals surface area contributed by atoms with E-state index in [0.29, 0.717) is 6.42 Å². The molecule has 0 aliphatic carbocycles. The normalized spacial score (nSPS) is 7.18. The minimum absolute atomic E-state index is 0. The van der Waals surface area contributed by atoms with Gasteiger partial charge in [0.05, 0.1) is 0 Å².